The molecule has 0 amide bonds. The van der Waals surface area contributed by atoms with Crippen LogP contribution in [0.15, 0.2) is 16.6 Å². The molecular weight excluding hydrogens is 322 g/mol. The lowest BCUT2D eigenvalue weighted by molar-refractivity contribution is 0.0973. The first-order valence-electron chi connectivity index (χ1n) is 7.26. The van der Waals surface area contributed by atoms with Crippen LogP contribution in [-0.2, 0) is 11.3 Å². The minimum Gasteiger partial charge on any atom is -0.486 e. The maximum atomic E-state index is 5.87. The smallest absolute Gasteiger partial charge is 0.175 e. The molecule has 2 bridgehead atoms. The molecule has 2 fully saturated rings. The van der Waals surface area contributed by atoms with Crippen LogP contribution in [0.2, 0.25) is 0 Å². The van der Waals surface area contributed by atoms with Gasteiger partial charge in [-0.2, -0.15) is 0 Å². The summed E-state index contributed by atoms with van der Waals surface area (Å²) in [5, 5.41) is 3.62. The van der Waals surface area contributed by atoms with Crippen molar-refractivity contribution in [3.05, 3.63) is 22.2 Å². The number of fused-ring (bicyclic) bond motifs is 3. The summed E-state index contributed by atoms with van der Waals surface area (Å²) in [4.78, 5) is 0. The molecule has 3 unspecified atom stereocenters. The highest BCUT2D eigenvalue weighted by atomic mass is 79.9. The van der Waals surface area contributed by atoms with Gasteiger partial charge in [0.1, 0.15) is 13.2 Å². The van der Waals surface area contributed by atoms with Gasteiger partial charge in [0.15, 0.2) is 11.5 Å². The average Bonchev–Trinajstić information content (AvgIpc) is 3.08. The van der Waals surface area contributed by atoms with Crippen molar-refractivity contribution >= 4 is 15.9 Å². The fourth-order valence-corrected chi connectivity index (χ4v) is 3.97. The number of hydrogen-bond donors (Lipinski definition) is 1. The van der Waals surface area contributed by atoms with Crippen LogP contribution in [0, 0.1) is 0 Å². The van der Waals surface area contributed by atoms with Gasteiger partial charge in [-0.05, 0) is 52.9 Å². The van der Waals surface area contributed by atoms with Gasteiger partial charge < -0.3 is 19.5 Å². The minimum absolute atomic E-state index is 0.417. The molecule has 2 saturated heterocycles. The standard InChI is InChI=1S/C15H18BrNO3/c16-11-5-9(6-14-15(11)19-4-3-18-14)8-17-12-7-10-1-2-13(12)20-10/h5-6,10,12-13,17H,1-4,7-8H2. The molecule has 0 spiro atoms. The zero-order valence-corrected chi connectivity index (χ0v) is 12.8. The Morgan fingerprint density at radius 3 is 2.90 bits per heavy atom. The first-order chi connectivity index (χ1) is 9.79. The van der Waals surface area contributed by atoms with Crippen LogP contribution in [0.25, 0.3) is 0 Å². The highest BCUT2D eigenvalue weighted by Gasteiger charge is 2.40. The number of ether oxygens (including phenoxy) is 3. The molecule has 0 aromatic heterocycles. The van der Waals surface area contributed by atoms with E-state index in [0.29, 0.717) is 31.5 Å². The molecule has 0 radical (unpaired) electrons. The van der Waals surface area contributed by atoms with E-state index in [2.05, 4.69) is 33.4 Å². The van der Waals surface area contributed by atoms with Crippen LogP contribution in [0.3, 0.4) is 0 Å². The van der Waals surface area contributed by atoms with Crippen molar-refractivity contribution in [3.63, 3.8) is 0 Å². The van der Waals surface area contributed by atoms with Crippen LogP contribution in [-0.4, -0.2) is 31.5 Å². The second kappa shape index (κ2) is 5.20. The highest BCUT2D eigenvalue weighted by Crippen LogP contribution is 2.39. The number of benzene rings is 1. The van der Waals surface area contributed by atoms with Crippen LogP contribution < -0.4 is 14.8 Å². The van der Waals surface area contributed by atoms with E-state index >= 15 is 0 Å². The third kappa shape index (κ3) is 2.32. The lowest BCUT2D eigenvalue weighted by atomic mass is 9.95. The SMILES string of the molecule is Brc1cc(CNC2CC3CCC2O3)cc2c1OCCO2. The monoisotopic (exact) mass is 339 g/mol. The molecule has 5 heteroatoms. The molecule has 4 rings (SSSR count). The Morgan fingerprint density at radius 2 is 2.10 bits per heavy atom. The van der Waals surface area contributed by atoms with Gasteiger partial charge >= 0.3 is 0 Å². The largest absolute Gasteiger partial charge is 0.486 e. The fourth-order valence-electron chi connectivity index (χ4n) is 3.37. The lowest BCUT2D eigenvalue weighted by Crippen LogP contribution is -2.37. The predicted molar refractivity (Wildman–Crippen MR) is 78.3 cm³/mol. The molecule has 20 heavy (non-hydrogen) atoms. The van der Waals surface area contributed by atoms with Gasteiger partial charge in [-0.1, -0.05) is 0 Å². The summed E-state index contributed by atoms with van der Waals surface area (Å²) in [5.74, 6) is 1.66. The maximum absolute atomic E-state index is 5.87. The van der Waals surface area contributed by atoms with E-state index in [-0.39, 0.29) is 0 Å². The summed E-state index contributed by atoms with van der Waals surface area (Å²) in [7, 11) is 0. The third-order valence-corrected chi connectivity index (χ3v) is 4.92. The summed E-state index contributed by atoms with van der Waals surface area (Å²) in [5.41, 5.74) is 1.21. The van der Waals surface area contributed by atoms with Gasteiger partial charge in [-0.25, -0.2) is 0 Å². The predicted octanol–water partition coefficient (Wildman–Crippen LogP) is 2.63. The van der Waals surface area contributed by atoms with Gasteiger partial charge in [-0.15, -0.1) is 0 Å². The van der Waals surface area contributed by atoms with Gasteiger partial charge in [0.25, 0.3) is 0 Å². The molecule has 3 aliphatic heterocycles. The number of halogens is 1. The Morgan fingerprint density at radius 1 is 1.20 bits per heavy atom. The van der Waals surface area contributed by atoms with Gasteiger partial charge in [-0.3, -0.25) is 0 Å². The van der Waals surface area contributed by atoms with Crippen molar-refractivity contribution in [1.29, 1.82) is 0 Å². The van der Waals surface area contributed by atoms with E-state index in [1.54, 1.807) is 0 Å². The summed E-state index contributed by atoms with van der Waals surface area (Å²) in [6.07, 6.45) is 4.49. The first-order valence-corrected chi connectivity index (χ1v) is 8.06. The van der Waals surface area contributed by atoms with Crippen molar-refractivity contribution in [2.45, 2.75) is 44.1 Å². The van der Waals surface area contributed by atoms with Gasteiger partial charge in [0.2, 0.25) is 0 Å². The molecule has 3 aliphatic rings. The zero-order valence-electron chi connectivity index (χ0n) is 11.2. The number of nitrogens with one attached hydrogen (secondary N) is 1. The quantitative estimate of drug-likeness (QED) is 0.918. The van der Waals surface area contributed by atoms with E-state index in [0.717, 1.165) is 28.9 Å². The highest BCUT2D eigenvalue weighted by molar-refractivity contribution is 9.10. The van der Waals surface area contributed by atoms with Gasteiger partial charge in [0.05, 0.1) is 16.7 Å². The lowest BCUT2D eigenvalue weighted by Gasteiger charge is -2.22. The first kappa shape index (κ1) is 12.9. The maximum Gasteiger partial charge on any atom is 0.175 e. The minimum atomic E-state index is 0.417. The van der Waals surface area contributed by atoms with Gasteiger partial charge in [0, 0.05) is 12.6 Å². The molecule has 0 aliphatic carbocycles. The summed E-state index contributed by atoms with van der Waals surface area (Å²) >= 11 is 3.56. The van der Waals surface area contributed by atoms with Crippen LogP contribution in [0.5, 0.6) is 11.5 Å². The van der Waals surface area contributed by atoms with E-state index in [1.807, 2.05) is 0 Å². The zero-order chi connectivity index (χ0) is 13.5. The summed E-state index contributed by atoms with van der Waals surface area (Å²) < 4.78 is 18.1. The van der Waals surface area contributed by atoms with Crippen molar-refractivity contribution in [3.8, 4) is 11.5 Å². The topological polar surface area (TPSA) is 39.7 Å². The number of rotatable bonds is 3. The molecule has 4 nitrogen and oxygen atoms in total. The van der Waals surface area contributed by atoms with E-state index in [1.165, 1.54) is 18.4 Å². The Labute approximate surface area is 126 Å². The third-order valence-electron chi connectivity index (χ3n) is 4.33. The van der Waals surface area contributed by atoms with Crippen LogP contribution >= 0.6 is 15.9 Å². The molecule has 3 heterocycles. The molecule has 1 aromatic carbocycles. The molecule has 0 saturated carbocycles. The molecule has 3 atom stereocenters. The van der Waals surface area contributed by atoms with Crippen molar-refractivity contribution in [1.82, 2.24) is 5.32 Å². The Balaban J connectivity index is 1.45. The van der Waals surface area contributed by atoms with E-state index < -0.39 is 0 Å². The molecular formula is C15H18BrNO3. The van der Waals surface area contributed by atoms with Crippen LogP contribution in [0.4, 0.5) is 0 Å². The molecule has 1 aromatic rings. The molecule has 1 N–H and O–H groups in total. The second-order valence-electron chi connectivity index (χ2n) is 5.70. The van der Waals surface area contributed by atoms with E-state index in [4.69, 9.17) is 14.2 Å². The normalized spacial score (nSPS) is 30.8. The molecule has 108 valence electrons. The van der Waals surface area contributed by atoms with Crippen molar-refractivity contribution in [2.75, 3.05) is 13.2 Å². The Bertz CT molecular complexity index is 522. The second-order valence-corrected chi connectivity index (χ2v) is 6.55. The summed E-state index contributed by atoms with van der Waals surface area (Å²) in [6, 6.07) is 4.68. The van der Waals surface area contributed by atoms with E-state index in [9.17, 15) is 0 Å². The van der Waals surface area contributed by atoms with Crippen LogP contribution in [0.1, 0.15) is 24.8 Å². The van der Waals surface area contributed by atoms with Crippen molar-refractivity contribution < 1.29 is 14.2 Å². The Hall–Kier alpha value is -0.780. The average molecular weight is 340 g/mol. The van der Waals surface area contributed by atoms with Crippen molar-refractivity contribution in [2.24, 2.45) is 0 Å². The Kier molecular flexibility index (Phi) is 3.36. The summed E-state index contributed by atoms with van der Waals surface area (Å²) in [6.45, 7) is 2.08. The number of hydrogen-bond acceptors (Lipinski definition) is 4. The fraction of sp³-hybridized carbons (Fsp3) is 0.600.